The number of hydrogen-bond acceptors (Lipinski definition) is 6. The number of furan rings is 1. The zero-order valence-corrected chi connectivity index (χ0v) is 17.7. The first-order valence-electron chi connectivity index (χ1n) is 9.47. The van der Waals surface area contributed by atoms with Gasteiger partial charge < -0.3 is 19.6 Å². The van der Waals surface area contributed by atoms with E-state index in [2.05, 4.69) is 14.8 Å². The third-order valence-electron chi connectivity index (χ3n) is 4.40. The van der Waals surface area contributed by atoms with E-state index in [9.17, 15) is 31.5 Å². The predicted octanol–water partition coefficient (Wildman–Crippen LogP) is 3.12. The number of halogens is 3. The molecule has 0 spiro atoms. The van der Waals surface area contributed by atoms with E-state index in [1.165, 1.54) is 42.7 Å². The van der Waals surface area contributed by atoms with Gasteiger partial charge in [-0.15, -0.1) is 13.2 Å². The van der Waals surface area contributed by atoms with Crippen LogP contribution in [-0.2, 0) is 16.6 Å². The van der Waals surface area contributed by atoms with Crippen LogP contribution in [0.3, 0.4) is 0 Å². The van der Waals surface area contributed by atoms with Gasteiger partial charge in [0.15, 0.2) is 0 Å². The maximum Gasteiger partial charge on any atom is 0.573 e. The van der Waals surface area contributed by atoms with Crippen molar-refractivity contribution in [1.29, 1.82) is 0 Å². The van der Waals surface area contributed by atoms with Crippen LogP contribution in [0.5, 0.6) is 5.75 Å². The number of amides is 1. The molecule has 1 heterocycles. The molecule has 0 aliphatic carbocycles. The summed E-state index contributed by atoms with van der Waals surface area (Å²) in [6.45, 7) is -0.248. The molecule has 0 radical (unpaired) electrons. The van der Waals surface area contributed by atoms with Gasteiger partial charge in [0.1, 0.15) is 11.5 Å². The quantitative estimate of drug-likeness (QED) is 0.430. The minimum Gasteiger partial charge on any atom is -0.468 e. The molecule has 0 saturated heterocycles. The molecule has 1 atom stereocenters. The van der Waals surface area contributed by atoms with Crippen molar-refractivity contribution in [2.45, 2.75) is 23.9 Å². The highest BCUT2D eigenvalue weighted by Gasteiger charge is 2.31. The number of carbonyl (C=O) groups excluding carboxylic acids is 1. The maximum atomic E-state index is 12.3. The van der Waals surface area contributed by atoms with Crippen molar-refractivity contribution in [1.82, 2.24) is 10.0 Å². The molecule has 176 valence electrons. The van der Waals surface area contributed by atoms with E-state index in [4.69, 9.17) is 4.42 Å². The number of benzene rings is 2. The van der Waals surface area contributed by atoms with Gasteiger partial charge in [-0.3, -0.25) is 4.79 Å². The van der Waals surface area contributed by atoms with Gasteiger partial charge in [-0.1, -0.05) is 12.1 Å². The van der Waals surface area contributed by atoms with E-state index < -0.39 is 34.1 Å². The molecular formula is C21H19F3N2O6S. The Morgan fingerprint density at radius 3 is 2.30 bits per heavy atom. The van der Waals surface area contributed by atoms with E-state index >= 15 is 0 Å². The minimum absolute atomic E-state index is 0.0290. The van der Waals surface area contributed by atoms with Crippen molar-refractivity contribution < 1.29 is 40.6 Å². The molecule has 8 nitrogen and oxygen atoms in total. The van der Waals surface area contributed by atoms with Gasteiger partial charge in [0, 0.05) is 12.1 Å². The van der Waals surface area contributed by atoms with Crippen molar-refractivity contribution in [3.05, 3.63) is 83.8 Å². The third-order valence-corrected chi connectivity index (χ3v) is 5.81. The second kappa shape index (κ2) is 10.1. The number of hydrogen-bond donors (Lipinski definition) is 3. The third kappa shape index (κ3) is 7.07. The standard InChI is InChI=1S/C21H19F3N2O6S/c22-21(23,24)32-16-7-3-14(4-8-16)19(27)13-25-20(28)15-5-9-18(10-6-15)33(29,30)26-12-17-2-1-11-31-17/h1-11,19,26-27H,12-13H2,(H,25,28). The van der Waals surface area contributed by atoms with E-state index in [1.54, 1.807) is 12.1 Å². The zero-order chi connectivity index (χ0) is 24.1. The number of aliphatic hydroxyl groups is 1. The second-order valence-electron chi connectivity index (χ2n) is 6.77. The first-order chi connectivity index (χ1) is 15.5. The van der Waals surface area contributed by atoms with Gasteiger partial charge in [0.25, 0.3) is 5.91 Å². The Balaban J connectivity index is 1.54. The Morgan fingerprint density at radius 2 is 1.73 bits per heavy atom. The minimum atomic E-state index is -4.82. The first kappa shape index (κ1) is 24.3. The van der Waals surface area contributed by atoms with Gasteiger partial charge >= 0.3 is 6.36 Å². The Bertz CT molecular complexity index is 1160. The van der Waals surface area contributed by atoms with Crippen LogP contribution in [0, 0.1) is 0 Å². The fourth-order valence-electron chi connectivity index (χ4n) is 2.75. The number of alkyl halides is 3. The molecule has 1 unspecified atom stereocenters. The van der Waals surface area contributed by atoms with Crippen LogP contribution >= 0.6 is 0 Å². The summed E-state index contributed by atoms with van der Waals surface area (Å²) < 4.78 is 72.4. The highest BCUT2D eigenvalue weighted by Crippen LogP contribution is 2.24. The van der Waals surface area contributed by atoms with Gasteiger partial charge in [0.05, 0.1) is 23.8 Å². The molecule has 33 heavy (non-hydrogen) atoms. The fraction of sp³-hybridized carbons (Fsp3) is 0.190. The average Bonchev–Trinajstić information content (AvgIpc) is 3.29. The molecule has 1 amide bonds. The SMILES string of the molecule is O=C(NCC(O)c1ccc(OC(F)(F)F)cc1)c1ccc(S(=O)(=O)NCc2ccco2)cc1. The molecule has 1 aromatic heterocycles. The summed E-state index contributed by atoms with van der Waals surface area (Å²) in [6, 6.07) is 13.0. The maximum absolute atomic E-state index is 12.3. The van der Waals surface area contributed by atoms with Crippen LogP contribution in [0.25, 0.3) is 0 Å². The van der Waals surface area contributed by atoms with Crippen molar-refractivity contribution in [3.8, 4) is 5.75 Å². The summed E-state index contributed by atoms with van der Waals surface area (Å²) in [7, 11) is -3.82. The van der Waals surface area contributed by atoms with Crippen LogP contribution in [-0.4, -0.2) is 32.3 Å². The van der Waals surface area contributed by atoms with Crippen LogP contribution in [0.2, 0.25) is 0 Å². The topological polar surface area (TPSA) is 118 Å². The number of sulfonamides is 1. The molecule has 0 fully saturated rings. The smallest absolute Gasteiger partial charge is 0.468 e. The first-order valence-corrected chi connectivity index (χ1v) is 11.0. The normalized spacial score (nSPS) is 12.8. The number of ether oxygens (including phenoxy) is 1. The number of aliphatic hydroxyl groups excluding tert-OH is 1. The molecule has 3 rings (SSSR count). The fourth-order valence-corrected chi connectivity index (χ4v) is 3.74. The molecular weight excluding hydrogens is 465 g/mol. The van der Waals surface area contributed by atoms with Crippen molar-refractivity contribution in [3.63, 3.8) is 0 Å². The van der Waals surface area contributed by atoms with Crippen molar-refractivity contribution in [2.75, 3.05) is 6.54 Å². The van der Waals surface area contributed by atoms with Gasteiger partial charge in [-0.2, -0.15) is 0 Å². The molecule has 0 bridgehead atoms. The summed E-state index contributed by atoms with van der Waals surface area (Å²) in [4.78, 5) is 12.2. The lowest BCUT2D eigenvalue weighted by Gasteiger charge is -2.14. The van der Waals surface area contributed by atoms with Crippen LogP contribution in [0.15, 0.2) is 76.2 Å². The molecule has 0 aliphatic rings. The van der Waals surface area contributed by atoms with E-state index in [-0.39, 0.29) is 29.1 Å². The van der Waals surface area contributed by atoms with Gasteiger partial charge in [-0.25, -0.2) is 13.1 Å². The van der Waals surface area contributed by atoms with Gasteiger partial charge in [-0.05, 0) is 54.1 Å². The summed E-state index contributed by atoms with van der Waals surface area (Å²) in [5.41, 5.74) is 0.426. The highest BCUT2D eigenvalue weighted by molar-refractivity contribution is 7.89. The lowest BCUT2D eigenvalue weighted by molar-refractivity contribution is -0.274. The van der Waals surface area contributed by atoms with Crippen molar-refractivity contribution >= 4 is 15.9 Å². The van der Waals surface area contributed by atoms with Crippen LogP contribution < -0.4 is 14.8 Å². The molecule has 3 aromatic rings. The molecule has 0 saturated carbocycles. The van der Waals surface area contributed by atoms with Crippen molar-refractivity contribution in [2.24, 2.45) is 0 Å². The Labute approximate surface area is 187 Å². The second-order valence-corrected chi connectivity index (χ2v) is 8.54. The molecule has 12 heteroatoms. The van der Waals surface area contributed by atoms with E-state index in [0.29, 0.717) is 5.76 Å². The lowest BCUT2D eigenvalue weighted by atomic mass is 10.1. The predicted molar refractivity (Wildman–Crippen MR) is 110 cm³/mol. The molecule has 0 aliphatic heterocycles. The summed E-state index contributed by atoms with van der Waals surface area (Å²) >= 11 is 0. The van der Waals surface area contributed by atoms with Crippen LogP contribution in [0.4, 0.5) is 13.2 Å². The zero-order valence-electron chi connectivity index (χ0n) is 16.9. The summed E-state index contributed by atoms with van der Waals surface area (Å²) in [6.07, 6.45) is -4.58. The average molecular weight is 484 g/mol. The van der Waals surface area contributed by atoms with E-state index in [1.807, 2.05) is 0 Å². The highest BCUT2D eigenvalue weighted by atomic mass is 32.2. The molecule has 2 aromatic carbocycles. The Hall–Kier alpha value is -3.35. The summed E-state index contributed by atoms with van der Waals surface area (Å²) in [5, 5.41) is 12.6. The monoisotopic (exact) mass is 484 g/mol. The Morgan fingerprint density at radius 1 is 1.06 bits per heavy atom. The number of carbonyl (C=O) groups is 1. The number of nitrogens with one attached hydrogen (secondary N) is 2. The largest absolute Gasteiger partial charge is 0.573 e. The summed E-state index contributed by atoms with van der Waals surface area (Å²) in [5.74, 6) is -0.564. The van der Waals surface area contributed by atoms with Crippen LogP contribution in [0.1, 0.15) is 27.8 Å². The Kier molecular flexibility index (Phi) is 7.41. The number of rotatable bonds is 9. The van der Waals surface area contributed by atoms with E-state index in [0.717, 1.165) is 12.1 Å². The molecule has 3 N–H and O–H groups in total. The van der Waals surface area contributed by atoms with Gasteiger partial charge in [0.2, 0.25) is 10.0 Å². The lowest BCUT2D eigenvalue weighted by Crippen LogP contribution is -2.28.